The highest BCUT2D eigenvalue weighted by Crippen LogP contribution is 2.33. The number of hydrogen-bond acceptors (Lipinski definition) is 6. The summed E-state index contributed by atoms with van der Waals surface area (Å²) in [5, 5.41) is 0. The lowest BCUT2D eigenvalue weighted by atomic mass is 10.4. The first kappa shape index (κ1) is 23.8. The molecule has 0 radical (unpaired) electrons. The topological polar surface area (TPSA) is 34.1 Å². The maximum Gasteiger partial charge on any atom is 0.162 e. The fourth-order valence-electron chi connectivity index (χ4n) is 1.55. The number of rotatable bonds is 2. The number of fused-ring (bicyclic) bond motifs is 1. The summed E-state index contributed by atoms with van der Waals surface area (Å²) in [5.74, 6) is 1.53. The SMILES string of the molecule is O=C(CCl)CCl.O=C1CSc2ccccc2SC1.Sc1ccccc1S. The van der Waals surface area contributed by atoms with Gasteiger partial charge in [0.05, 0.1) is 23.3 Å². The van der Waals surface area contributed by atoms with E-state index in [0.717, 1.165) is 9.79 Å². The second-order valence-corrected chi connectivity index (χ2v) is 8.39. The Balaban J connectivity index is 0.000000211. The summed E-state index contributed by atoms with van der Waals surface area (Å²) in [6, 6.07) is 15.9. The molecule has 2 aromatic rings. The van der Waals surface area contributed by atoms with E-state index in [-0.39, 0.29) is 17.5 Å². The molecule has 8 heteroatoms. The second-order valence-electron chi connectivity index (χ2n) is 4.86. The van der Waals surface area contributed by atoms with Crippen molar-refractivity contribution in [1.29, 1.82) is 0 Å². The number of carbonyl (C=O) groups excluding carboxylic acids is 2. The van der Waals surface area contributed by atoms with Gasteiger partial charge in [-0.05, 0) is 24.3 Å². The fraction of sp³-hybridized carbons (Fsp3) is 0.222. The van der Waals surface area contributed by atoms with Crippen molar-refractivity contribution < 1.29 is 9.59 Å². The molecule has 0 aromatic heterocycles. The summed E-state index contributed by atoms with van der Waals surface area (Å²) in [7, 11) is 0. The highest BCUT2D eigenvalue weighted by atomic mass is 35.5. The number of benzene rings is 2. The molecule has 0 saturated carbocycles. The van der Waals surface area contributed by atoms with Crippen LogP contribution in [0.5, 0.6) is 0 Å². The average Bonchev–Trinajstić information content (AvgIpc) is 2.86. The van der Waals surface area contributed by atoms with Gasteiger partial charge in [0.1, 0.15) is 0 Å². The van der Waals surface area contributed by atoms with Gasteiger partial charge in [0.15, 0.2) is 11.6 Å². The Kier molecular flexibility index (Phi) is 12.7. The Morgan fingerprint density at radius 2 is 1.23 bits per heavy atom. The zero-order valence-electron chi connectivity index (χ0n) is 13.7. The van der Waals surface area contributed by atoms with Crippen molar-refractivity contribution in [1.82, 2.24) is 0 Å². The van der Waals surface area contributed by atoms with Crippen LogP contribution in [-0.4, -0.2) is 34.8 Å². The maximum absolute atomic E-state index is 11.1. The lowest BCUT2D eigenvalue weighted by molar-refractivity contribution is -0.115. The lowest BCUT2D eigenvalue weighted by Gasteiger charge is -2.00. The third kappa shape index (κ3) is 9.62. The van der Waals surface area contributed by atoms with E-state index in [1.54, 1.807) is 23.5 Å². The number of Topliss-reactive ketones (excluding diaryl/α,β-unsaturated/α-hetero) is 2. The van der Waals surface area contributed by atoms with E-state index in [1.807, 2.05) is 36.4 Å². The monoisotopic (exact) mass is 464 g/mol. The maximum atomic E-state index is 11.1. The molecule has 2 nitrogen and oxygen atoms in total. The normalized spacial score (nSPS) is 12.5. The number of ketones is 2. The van der Waals surface area contributed by atoms with E-state index >= 15 is 0 Å². The third-order valence-electron chi connectivity index (χ3n) is 2.81. The van der Waals surface area contributed by atoms with Crippen molar-refractivity contribution in [3.63, 3.8) is 0 Å². The van der Waals surface area contributed by atoms with Crippen LogP contribution in [0.15, 0.2) is 68.1 Å². The molecule has 0 fully saturated rings. The first-order chi connectivity index (χ1) is 12.5. The molecule has 0 bridgehead atoms. The molecular formula is C18H18Cl2O2S4. The van der Waals surface area contributed by atoms with Gasteiger partial charge in [-0.1, -0.05) is 24.3 Å². The minimum Gasteiger partial charge on any atom is -0.298 e. The molecule has 0 amide bonds. The lowest BCUT2D eigenvalue weighted by Crippen LogP contribution is -2.01. The van der Waals surface area contributed by atoms with Gasteiger partial charge in [-0.2, -0.15) is 0 Å². The highest BCUT2D eigenvalue weighted by Gasteiger charge is 2.12. The smallest absolute Gasteiger partial charge is 0.162 e. The summed E-state index contributed by atoms with van der Waals surface area (Å²) in [4.78, 5) is 25.4. The molecule has 0 saturated heterocycles. The predicted molar refractivity (Wildman–Crippen MR) is 120 cm³/mol. The van der Waals surface area contributed by atoms with Gasteiger partial charge in [-0.3, -0.25) is 9.59 Å². The molecular weight excluding hydrogens is 447 g/mol. The molecule has 0 spiro atoms. The van der Waals surface area contributed by atoms with Crippen LogP contribution in [0.25, 0.3) is 0 Å². The minimum atomic E-state index is -0.127. The number of alkyl halides is 2. The molecule has 1 heterocycles. The number of halogens is 2. The van der Waals surface area contributed by atoms with Crippen molar-refractivity contribution in [3.8, 4) is 0 Å². The molecule has 26 heavy (non-hydrogen) atoms. The number of thiol groups is 2. The van der Waals surface area contributed by atoms with E-state index in [4.69, 9.17) is 23.2 Å². The van der Waals surface area contributed by atoms with Crippen LogP contribution < -0.4 is 0 Å². The van der Waals surface area contributed by atoms with Crippen molar-refractivity contribution in [2.75, 3.05) is 23.3 Å². The Hall–Kier alpha value is -0.240. The van der Waals surface area contributed by atoms with Crippen molar-refractivity contribution >= 4 is 83.5 Å². The quantitative estimate of drug-likeness (QED) is 0.437. The van der Waals surface area contributed by atoms with E-state index < -0.39 is 0 Å². The third-order valence-corrected chi connectivity index (χ3v) is 6.75. The summed E-state index contributed by atoms with van der Waals surface area (Å²) in [5.41, 5.74) is 0. The van der Waals surface area contributed by atoms with Crippen molar-refractivity contribution in [2.45, 2.75) is 19.6 Å². The number of carbonyl (C=O) groups is 2. The molecule has 0 N–H and O–H groups in total. The van der Waals surface area contributed by atoms with E-state index in [2.05, 4.69) is 37.4 Å². The van der Waals surface area contributed by atoms with Crippen LogP contribution in [0.3, 0.4) is 0 Å². The Bertz CT molecular complexity index is 670. The van der Waals surface area contributed by atoms with Crippen LogP contribution in [0.2, 0.25) is 0 Å². The first-order valence-corrected chi connectivity index (χ1v) is 11.4. The predicted octanol–water partition coefficient (Wildman–Crippen LogP) is 5.75. The van der Waals surface area contributed by atoms with Crippen LogP contribution in [-0.2, 0) is 9.59 Å². The molecule has 3 rings (SSSR count). The zero-order valence-corrected chi connectivity index (χ0v) is 18.7. The minimum absolute atomic E-state index is 0.0312. The zero-order chi connectivity index (χ0) is 19.4. The summed E-state index contributed by atoms with van der Waals surface area (Å²) in [6.45, 7) is 0. The molecule has 0 atom stereocenters. The largest absolute Gasteiger partial charge is 0.298 e. The van der Waals surface area contributed by atoms with Gasteiger partial charge in [0.25, 0.3) is 0 Å². The van der Waals surface area contributed by atoms with Gasteiger partial charge < -0.3 is 0 Å². The molecule has 2 aromatic carbocycles. The van der Waals surface area contributed by atoms with Gasteiger partial charge in [0, 0.05) is 19.6 Å². The summed E-state index contributed by atoms with van der Waals surface area (Å²) >= 11 is 21.6. The number of hydrogen-bond donors (Lipinski definition) is 2. The molecule has 140 valence electrons. The first-order valence-electron chi connectivity index (χ1n) is 7.44. The summed E-state index contributed by atoms with van der Waals surface area (Å²) < 4.78 is 0. The van der Waals surface area contributed by atoms with Crippen LogP contribution in [0.1, 0.15) is 0 Å². The highest BCUT2D eigenvalue weighted by molar-refractivity contribution is 8.04. The van der Waals surface area contributed by atoms with E-state index in [1.165, 1.54) is 9.79 Å². The van der Waals surface area contributed by atoms with Gasteiger partial charge in [-0.15, -0.1) is 72.0 Å². The number of thioether (sulfide) groups is 2. The summed E-state index contributed by atoms with van der Waals surface area (Å²) in [6.07, 6.45) is 0. The molecule has 0 unspecified atom stereocenters. The average molecular weight is 466 g/mol. The Morgan fingerprint density at radius 1 is 0.846 bits per heavy atom. The second kappa shape index (κ2) is 13.9. The van der Waals surface area contributed by atoms with Gasteiger partial charge in [0.2, 0.25) is 0 Å². The van der Waals surface area contributed by atoms with Crippen LogP contribution in [0, 0.1) is 0 Å². The van der Waals surface area contributed by atoms with E-state index in [0.29, 0.717) is 17.3 Å². The van der Waals surface area contributed by atoms with Crippen LogP contribution >= 0.6 is 72.0 Å². The van der Waals surface area contributed by atoms with Crippen molar-refractivity contribution in [2.24, 2.45) is 0 Å². The van der Waals surface area contributed by atoms with Crippen molar-refractivity contribution in [3.05, 3.63) is 48.5 Å². The Morgan fingerprint density at radius 3 is 1.54 bits per heavy atom. The van der Waals surface area contributed by atoms with E-state index in [9.17, 15) is 9.59 Å². The molecule has 1 aliphatic heterocycles. The Labute approximate surface area is 183 Å². The fourth-order valence-corrected chi connectivity index (χ4v) is 4.24. The van der Waals surface area contributed by atoms with Crippen LogP contribution in [0.4, 0.5) is 0 Å². The molecule has 1 aliphatic rings. The molecule has 0 aliphatic carbocycles. The standard InChI is InChI=1S/C9H8OS2.C6H6S2.C3H4Cl2O/c10-7-5-11-8-3-1-2-4-9(8)12-6-7;7-5-3-1-2-4-6(5)8;4-1-3(6)2-5/h1-4H,5-6H2;1-4,7-8H;1-2H2. The van der Waals surface area contributed by atoms with Gasteiger partial charge in [-0.25, -0.2) is 0 Å². The van der Waals surface area contributed by atoms with Gasteiger partial charge >= 0.3 is 0 Å².